The molecule has 0 saturated heterocycles. The molecule has 1 N–H and O–H groups in total. The molecule has 1 fully saturated rings. The molecule has 0 atom stereocenters. The summed E-state index contributed by atoms with van der Waals surface area (Å²) >= 11 is 0. The second-order valence-corrected chi connectivity index (χ2v) is 5.05. The Bertz CT molecular complexity index is 289. The number of carbonyl (C=O) groups excluding carboxylic acids is 2. The van der Waals surface area contributed by atoms with Crippen molar-refractivity contribution < 1.29 is 24.2 Å². The van der Waals surface area contributed by atoms with Crippen LogP contribution in [0.1, 0.15) is 52.4 Å². The third-order valence-electron chi connectivity index (χ3n) is 3.51. The van der Waals surface area contributed by atoms with Gasteiger partial charge in [-0.2, -0.15) is 0 Å². The summed E-state index contributed by atoms with van der Waals surface area (Å²) in [6.07, 6.45) is 4.30. The van der Waals surface area contributed by atoms with Crippen molar-refractivity contribution in [1.29, 1.82) is 0 Å². The van der Waals surface area contributed by atoms with Gasteiger partial charge < -0.3 is 14.6 Å². The van der Waals surface area contributed by atoms with Gasteiger partial charge in [-0.1, -0.05) is 19.3 Å². The first kappa shape index (κ1) is 16.0. The Kier molecular flexibility index (Phi) is 6.28. The molecule has 5 nitrogen and oxygen atoms in total. The molecule has 19 heavy (non-hydrogen) atoms. The number of rotatable bonds is 6. The summed E-state index contributed by atoms with van der Waals surface area (Å²) in [5.74, 6) is -2.21. The van der Waals surface area contributed by atoms with Crippen LogP contribution >= 0.6 is 0 Å². The van der Waals surface area contributed by atoms with E-state index in [0.717, 1.165) is 19.3 Å². The van der Waals surface area contributed by atoms with Crippen LogP contribution in [0, 0.1) is 5.92 Å². The van der Waals surface area contributed by atoms with Gasteiger partial charge in [0.05, 0.1) is 18.8 Å². The van der Waals surface area contributed by atoms with Crippen molar-refractivity contribution in [2.75, 3.05) is 13.2 Å². The average Bonchev–Trinajstić information content (AvgIpc) is 2.37. The molecular weight excluding hydrogens is 248 g/mol. The summed E-state index contributed by atoms with van der Waals surface area (Å²) in [5, 5.41) is 10.5. The lowest BCUT2D eigenvalue weighted by Crippen LogP contribution is -2.40. The van der Waals surface area contributed by atoms with Gasteiger partial charge in [-0.25, -0.2) is 0 Å². The summed E-state index contributed by atoms with van der Waals surface area (Å²) in [4.78, 5) is 23.7. The number of hydrogen-bond donors (Lipinski definition) is 1. The Morgan fingerprint density at radius 2 is 1.53 bits per heavy atom. The predicted octanol–water partition coefficient (Wildman–Crippen LogP) is 1.81. The maximum Gasteiger partial charge on any atom is 0.320 e. The average molecular weight is 272 g/mol. The van der Waals surface area contributed by atoms with Gasteiger partial charge in [-0.05, 0) is 26.7 Å². The normalized spacial score (nSPS) is 18.1. The van der Waals surface area contributed by atoms with Crippen LogP contribution in [0.25, 0.3) is 0 Å². The third kappa shape index (κ3) is 4.82. The van der Waals surface area contributed by atoms with Crippen LogP contribution in [0.2, 0.25) is 0 Å². The Hall–Kier alpha value is -1.10. The lowest BCUT2D eigenvalue weighted by atomic mass is 9.78. The monoisotopic (exact) mass is 272 g/mol. The van der Waals surface area contributed by atoms with Gasteiger partial charge >= 0.3 is 11.9 Å². The molecule has 0 aromatic rings. The fraction of sp³-hybridized carbons (Fsp3) is 0.857. The van der Waals surface area contributed by atoms with E-state index < -0.39 is 23.5 Å². The molecule has 1 aliphatic rings. The highest BCUT2D eigenvalue weighted by Gasteiger charge is 2.39. The summed E-state index contributed by atoms with van der Waals surface area (Å²) in [6, 6.07) is 0. The standard InChI is InChI=1S/C14H24O5/c1-3-18-12(15)11(13(16)19-4-2)10-14(17)8-6-5-7-9-14/h11,17H,3-10H2,1-2H3. The Morgan fingerprint density at radius 1 is 1.05 bits per heavy atom. The number of esters is 2. The van der Waals surface area contributed by atoms with Gasteiger partial charge in [-0.15, -0.1) is 0 Å². The van der Waals surface area contributed by atoms with Crippen LogP contribution in [-0.2, 0) is 19.1 Å². The van der Waals surface area contributed by atoms with E-state index in [4.69, 9.17) is 9.47 Å². The number of aliphatic hydroxyl groups is 1. The molecule has 0 spiro atoms. The van der Waals surface area contributed by atoms with Gasteiger partial charge in [-0.3, -0.25) is 9.59 Å². The molecule has 0 aromatic heterocycles. The van der Waals surface area contributed by atoms with Crippen molar-refractivity contribution in [1.82, 2.24) is 0 Å². The molecule has 0 unspecified atom stereocenters. The highest BCUT2D eigenvalue weighted by atomic mass is 16.6. The molecule has 0 radical (unpaired) electrons. The minimum absolute atomic E-state index is 0.102. The second kappa shape index (κ2) is 7.48. The Morgan fingerprint density at radius 3 is 1.95 bits per heavy atom. The lowest BCUT2D eigenvalue weighted by Gasteiger charge is -2.33. The van der Waals surface area contributed by atoms with Crippen LogP contribution in [0.5, 0.6) is 0 Å². The molecule has 0 heterocycles. The fourth-order valence-corrected chi connectivity index (χ4v) is 2.54. The van der Waals surface area contributed by atoms with Crippen molar-refractivity contribution in [3.8, 4) is 0 Å². The van der Waals surface area contributed by atoms with Crippen LogP contribution < -0.4 is 0 Å². The quantitative estimate of drug-likeness (QED) is 0.589. The van der Waals surface area contributed by atoms with Crippen molar-refractivity contribution >= 4 is 11.9 Å². The molecule has 0 bridgehead atoms. The molecule has 0 aliphatic heterocycles. The molecule has 1 rings (SSSR count). The first-order valence-electron chi connectivity index (χ1n) is 7.08. The SMILES string of the molecule is CCOC(=O)C(CC1(O)CCCCC1)C(=O)OCC. The maximum atomic E-state index is 11.8. The molecule has 1 aliphatic carbocycles. The zero-order valence-corrected chi connectivity index (χ0v) is 11.8. The van der Waals surface area contributed by atoms with E-state index >= 15 is 0 Å². The minimum atomic E-state index is -1.01. The second-order valence-electron chi connectivity index (χ2n) is 5.05. The summed E-state index contributed by atoms with van der Waals surface area (Å²) < 4.78 is 9.81. The van der Waals surface area contributed by atoms with Gasteiger partial charge in [0.25, 0.3) is 0 Å². The zero-order chi connectivity index (χ0) is 14.3. The number of ether oxygens (including phenoxy) is 2. The van der Waals surface area contributed by atoms with Crippen molar-refractivity contribution in [2.24, 2.45) is 5.92 Å². The van der Waals surface area contributed by atoms with Crippen LogP contribution in [-0.4, -0.2) is 35.9 Å². The smallest absolute Gasteiger partial charge is 0.320 e. The number of hydrogen-bond acceptors (Lipinski definition) is 5. The van der Waals surface area contributed by atoms with Gasteiger partial charge in [0.1, 0.15) is 0 Å². The van der Waals surface area contributed by atoms with Gasteiger partial charge in [0, 0.05) is 6.42 Å². The van der Waals surface area contributed by atoms with E-state index in [9.17, 15) is 14.7 Å². The van der Waals surface area contributed by atoms with Crippen LogP contribution in [0.4, 0.5) is 0 Å². The van der Waals surface area contributed by atoms with E-state index in [1.165, 1.54) is 0 Å². The first-order valence-corrected chi connectivity index (χ1v) is 7.08. The predicted molar refractivity (Wildman–Crippen MR) is 69.4 cm³/mol. The largest absolute Gasteiger partial charge is 0.465 e. The first-order chi connectivity index (χ1) is 9.02. The summed E-state index contributed by atoms with van der Waals surface area (Å²) in [7, 11) is 0. The van der Waals surface area contributed by atoms with E-state index in [-0.39, 0.29) is 19.6 Å². The van der Waals surface area contributed by atoms with E-state index in [1.54, 1.807) is 13.8 Å². The molecule has 0 aromatic carbocycles. The lowest BCUT2D eigenvalue weighted by molar-refractivity contribution is -0.165. The van der Waals surface area contributed by atoms with E-state index in [2.05, 4.69) is 0 Å². The van der Waals surface area contributed by atoms with Gasteiger partial charge in [0.15, 0.2) is 5.92 Å². The van der Waals surface area contributed by atoms with E-state index in [0.29, 0.717) is 12.8 Å². The van der Waals surface area contributed by atoms with Crippen LogP contribution in [0.3, 0.4) is 0 Å². The third-order valence-corrected chi connectivity index (χ3v) is 3.51. The number of carbonyl (C=O) groups is 2. The maximum absolute atomic E-state index is 11.8. The molecule has 110 valence electrons. The molecule has 0 amide bonds. The van der Waals surface area contributed by atoms with Gasteiger partial charge in [0.2, 0.25) is 0 Å². The van der Waals surface area contributed by atoms with Crippen LogP contribution in [0.15, 0.2) is 0 Å². The Labute approximate surface area is 114 Å². The van der Waals surface area contributed by atoms with Crippen molar-refractivity contribution in [2.45, 2.75) is 58.0 Å². The topological polar surface area (TPSA) is 72.8 Å². The highest BCUT2D eigenvalue weighted by molar-refractivity contribution is 5.95. The molecule has 1 saturated carbocycles. The minimum Gasteiger partial charge on any atom is -0.465 e. The zero-order valence-electron chi connectivity index (χ0n) is 11.8. The summed E-state index contributed by atoms with van der Waals surface area (Å²) in [5.41, 5.74) is -0.942. The molecule has 5 heteroatoms. The highest BCUT2D eigenvalue weighted by Crippen LogP contribution is 2.34. The Balaban J connectivity index is 2.72. The fourth-order valence-electron chi connectivity index (χ4n) is 2.54. The summed E-state index contributed by atoms with van der Waals surface area (Å²) in [6.45, 7) is 3.81. The van der Waals surface area contributed by atoms with Crippen molar-refractivity contribution in [3.63, 3.8) is 0 Å². The van der Waals surface area contributed by atoms with Crippen molar-refractivity contribution in [3.05, 3.63) is 0 Å². The van der Waals surface area contributed by atoms with E-state index in [1.807, 2.05) is 0 Å². The molecular formula is C14H24O5.